The molecule has 5 nitrogen and oxygen atoms in total. The highest BCUT2D eigenvalue weighted by atomic mass is 16.5. The predicted octanol–water partition coefficient (Wildman–Crippen LogP) is 3.68. The zero-order valence-electron chi connectivity index (χ0n) is 15.6. The highest BCUT2D eigenvalue weighted by Gasteiger charge is 2.20. The SMILES string of the molecule is Cc1cc(=O)oc2cc(CN3CCC(OCc4cccnc4)CC3)ccc12. The van der Waals surface area contributed by atoms with Gasteiger partial charge in [-0.25, -0.2) is 4.79 Å². The van der Waals surface area contributed by atoms with E-state index < -0.39 is 0 Å². The topological polar surface area (TPSA) is 55.6 Å². The van der Waals surface area contributed by atoms with E-state index in [9.17, 15) is 4.79 Å². The molecule has 0 aliphatic carbocycles. The minimum absolute atomic E-state index is 0.288. The Balaban J connectivity index is 1.32. The Hall–Kier alpha value is -2.50. The number of ether oxygens (including phenoxy) is 1. The third-order valence-corrected chi connectivity index (χ3v) is 5.17. The van der Waals surface area contributed by atoms with Gasteiger partial charge in [0, 0.05) is 43.5 Å². The van der Waals surface area contributed by atoms with Crippen molar-refractivity contribution >= 4 is 11.0 Å². The number of aromatic nitrogens is 1. The summed E-state index contributed by atoms with van der Waals surface area (Å²) in [6.45, 7) is 5.45. The second-order valence-electron chi connectivity index (χ2n) is 7.23. The minimum Gasteiger partial charge on any atom is -0.423 e. The highest BCUT2D eigenvalue weighted by Crippen LogP contribution is 2.21. The molecule has 0 radical (unpaired) electrons. The Morgan fingerprint density at radius 3 is 2.81 bits per heavy atom. The standard InChI is InChI=1S/C22H24N2O3/c1-16-11-22(25)27-21-12-17(4-5-20(16)21)14-24-9-6-19(7-10-24)26-15-18-3-2-8-23-13-18/h2-5,8,11-13,19H,6-7,9-10,14-15H2,1H3. The molecule has 1 aromatic carbocycles. The van der Waals surface area contributed by atoms with Crippen LogP contribution in [-0.2, 0) is 17.9 Å². The van der Waals surface area contributed by atoms with Gasteiger partial charge < -0.3 is 9.15 Å². The average molecular weight is 364 g/mol. The van der Waals surface area contributed by atoms with Crippen LogP contribution in [0.15, 0.2) is 58.0 Å². The minimum atomic E-state index is -0.288. The number of hydrogen-bond acceptors (Lipinski definition) is 5. The summed E-state index contributed by atoms with van der Waals surface area (Å²) in [4.78, 5) is 18.2. The summed E-state index contributed by atoms with van der Waals surface area (Å²) in [7, 11) is 0. The molecule has 4 rings (SSSR count). The number of nitrogens with zero attached hydrogens (tertiary/aromatic N) is 2. The molecule has 0 unspecified atom stereocenters. The molecular weight excluding hydrogens is 340 g/mol. The lowest BCUT2D eigenvalue weighted by Crippen LogP contribution is -2.36. The molecule has 5 heteroatoms. The second kappa shape index (κ2) is 8.03. The van der Waals surface area contributed by atoms with Crippen molar-refractivity contribution in [2.75, 3.05) is 13.1 Å². The number of hydrogen-bond donors (Lipinski definition) is 0. The van der Waals surface area contributed by atoms with Crippen molar-refractivity contribution in [3.05, 3.63) is 75.9 Å². The Morgan fingerprint density at radius 2 is 2.04 bits per heavy atom. The molecule has 27 heavy (non-hydrogen) atoms. The Kier molecular flexibility index (Phi) is 5.32. The van der Waals surface area contributed by atoms with Crippen LogP contribution in [0.25, 0.3) is 11.0 Å². The summed E-state index contributed by atoms with van der Waals surface area (Å²) in [5, 5.41) is 1.00. The van der Waals surface area contributed by atoms with Crippen LogP contribution in [0, 0.1) is 6.92 Å². The van der Waals surface area contributed by atoms with E-state index in [0.29, 0.717) is 18.3 Å². The van der Waals surface area contributed by atoms with Crippen molar-refractivity contribution in [1.82, 2.24) is 9.88 Å². The van der Waals surface area contributed by atoms with Crippen LogP contribution < -0.4 is 5.63 Å². The zero-order valence-corrected chi connectivity index (χ0v) is 15.6. The first kappa shape index (κ1) is 17.9. The van der Waals surface area contributed by atoms with Crippen LogP contribution in [0.2, 0.25) is 0 Å². The van der Waals surface area contributed by atoms with Gasteiger partial charge in [0.15, 0.2) is 0 Å². The lowest BCUT2D eigenvalue weighted by molar-refractivity contribution is -0.00403. The summed E-state index contributed by atoms with van der Waals surface area (Å²) >= 11 is 0. The van der Waals surface area contributed by atoms with Crippen LogP contribution in [0.5, 0.6) is 0 Å². The van der Waals surface area contributed by atoms with Gasteiger partial charge >= 0.3 is 5.63 Å². The summed E-state index contributed by atoms with van der Waals surface area (Å²) in [6, 6.07) is 11.7. The van der Waals surface area contributed by atoms with Gasteiger partial charge in [-0.05, 0) is 48.6 Å². The van der Waals surface area contributed by atoms with Crippen LogP contribution in [0.3, 0.4) is 0 Å². The monoisotopic (exact) mass is 364 g/mol. The van der Waals surface area contributed by atoms with Crippen molar-refractivity contribution in [3.63, 3.8) is 0 Å². The lowest BCUT2D eigenvalue weighted by atomic mass is 10.1. The first-order chi connectivity index (χ1) is 13.2. The van der Waals surface area contributed by atoms with Crippen molar-refractivity contribution in [2.24, 2.45) is 0 Å². The zero-order chi connectivity index (χ0) is 18.6. The molecule has 1 fully saturated rings. The molecule has 1 aliphatic heterocycles. The van der Waals surface area contributed by atoms with E-state index in [1.54, 1.807) is 6.20 Å². The summed E-state index contributed by atoms with van der Waals surface area (Å²) in [5.74, 6) is 0. The normalized spacial score (nSPS) is 16.0. The van der Waals surface area contributed by atoms with Gasteiger partial charge in [0.25, 0.3) is 0 Å². The Labute approximate surface area is 158 Å². The quantitative estimate of drug-likeness (QED) is 0.647. The summed E-state index contributed by atoms with van der Waals surface area (Å²) in [6.07, 6.45) is 6.00. The molecule has 3 heterocycles. The molecule has 3 aromatic rings. The maximum absolute atomic E-state index is 11.6. The van der Waals surface area contributed by atoms with Gasteiger partial charge in [-0.3, -0.25) is 9.88 Å². The maximum Gasteiger partial charge on any atom is 0.336 e. The van der Waals surface area contributed by atoms with E-state index in [2.05, 4.69) is 16.0 Å². The van der Waals surface area contributed by atoms with E-state index >= 15 is 0 Å². The molecule has 0 saturated carbocycles. The van der Waals surface area contributed by atoms with Crippen LogP contribution in [0.4, 0.5) is 0 Å². The van der Waals surface area contributed by atoms with E-state index in [1.165, 1.54) is 11.6 Å². The number of piperidine rings is 1. The number of aryl methyl sites for hydroxylation is 1. The predicted molar refractivity (Wildman–Crippen MR) is 105 cm³/mol. The average Bonchev–Trinajstić information content (AvgIpc) is 2.68. The van der Waals surface area contributed by atoms with Crippen molar-refractivity contribution < 1.29 is 9.15 Å². The summed E-state index contributed by atoms with van der Waals surface area (Å²) < 4.78 is 11.4. The molecule has 0 bridgehead atoms. The summed E-state index contributed by atoms with van der Waals surface area (Å²) in [5.41, 5.74) is 3.63. The van der Waals surface area contributed by atoms with E-state index in [4.69, 9.17) is 9.15 Å². The van der Waals surface area contributed by atoms with Gasteiger partial charge in [0.1, 0.15) is 5.58 Å². The maximum atomic E-state index is 11.6. The van der Waals surface area contributed by atoms with Crippen molar-refractivity contribution in [3.8, 4) is 0 Å². The fourth-order valence-electron chi connectivity index (χ4n) is 3.66. The van der Waals surface area contributed by atoms with E-state index in [1.807, 2.05) is 37.4 Å². The Bertz CT molecular complexity index is 960. The third-order valence-electron chi connectivity index (χ3n) is 5.17. The van der Waals surface area contributed by atoms with Gasteiger partial charge in [-0.2, -0.15) is 0 Å². The third kappa shape index (κ3) is 4.43. The number of benzene rings is 1. The van der Waals surface area contributed by atoms with Gasteiger partial charge in [0.2, 0.25) is 0 Å². The van der Waals surface area contributed by atoms with Gasteiger partial charge in [-0.1, -0.05) is 18.2 Å². The van der Waals surface area contributed by atoms with Crippen molar-refractivity contribution in [2.45, 2.75) is 39.0 Å². The number of pyridine rings is 1. The molecule has 0 amide bonds. The fourth-order valence-corrected chi connectivity index (χ4v) is 3.66. The van der Waals surface area contributed by atoms with Crippen LogP contribution >= 0.6 is 0 Å². The lowest BCUT2D eigenvalue weighted by Gasteiger charge is -2.32. The highest BCUT2D eigenvalue weighted by molar-refractivity contribution is 5.80. The van der Waals surface area contributed by atoms with E-state index in [0.717, 1.165) is 49.0 Å². The van der Waals surface area contributed by atoms with Gasteiger partial charge in [0.05, 0.1) is 12.7 Å². The van der Waals surface area contributed by atoms with E-state index in [-0.39, 0.29) is 5.63 Å². The van der Waals surface area contributed by atoms with Crippen LogP contribution in [0.1, 0.15) is 29.5 Å². The molecule has 140 valence electrons. The molecule has 0 N–H and O–H groups in total. The first-order valence-electron chi connectivity index (χ1n) is 9.43. The molecule has 1 saturated heterocycles. The molecule has 0 atom stereocenters. The molecular formula is C22H24N2O3. The first-order valence-corrected chi connectivity index (χ1v) is 9.43. The second-order valence-corrected chi connectivity index (χ2v) is 7.23. The smallest absolute Gasteiger partial charge is 0.336 e. The largest absolute Gasteiger partial charge is 0.423 e. The number of likely N-dealkylation sites (tertiary alicyclic amines) is 1. The fraction of sp³-hybridized carbons (Fsp3) is 0.364. The molecule has 2 aromatic heterocycles. The Morgan fingerprint density at radius 1 is 1.19 bits per heavy atom. The van der Waals surface area contributed by atoms with Crippen LogP contribution in [-0.4, -0.2) is 29.1 Å². The van der Waals surface area contributed by atoms with Gasteiger partial charge in [-0.15, -0.1) is 0 Å². The number of fused-ring (bicyclic) bond motifs is 1. The number of rotatable bonds is 5. The van der Waals surface area contributed by atoms with Crippen molar-refractivity contribution in [1.29, 1.82) is 0 Å². The molecule has 0 spiro atoms. The molecule has 1 aliphatic rings.